The van der Waals surface area contributed by atoms with Crippen molar-refractivity contribution >= 4 is 28.2 Å². The van der Waals surface area contributed by atoms with Crippen molar-refractivity contribution in [2.24, 2.45) is 0 Å². The third-order valence-electron chi connectivity index (χ3n) is 3.07. The lowest BCUT2D eigenvalue weighted by Gasteiger charge is -2.07. The molecule has 0 radical (unpaired) electrons. The maximum absolute atomic E-state index is 12.2. The lowest BCUT2D eigenvalue weighted by atomic mass is 10.1. The van der Waals surface area contributed by atoms with Crippen LogP contribution in [0.4, 0.5) is 5.00 Å². The summed E-state index contributed by atoms with van der Waals surface area (Å²) in [6.45, 7) is 3.60. The molecule has 0 spiro atoms. The number of carbonyl (C=O) groups is 2. The summed E-state index contributed by atoms with van der Waals surface area (Å²) in [7, 11) is 0. The van der Waals surface area contributed by atoms with E-state index in [1.165, 1.54) is 17.4 Å². The highest BCUT2D eigenvalue weighted by atomic mass is 32.1. The number of hydrogen-bond donors (Lipinski definition) is 3. The topological polar surface area (TPSA) is 86.6 Å². The molecule has 2 aromatic rings. The van der Waals surface area contributed by atoms with Crippen LogP contribution in [0, 0.1) is 6.92 Å². The van der Waals surface area contributed by atoms with Crippen LogP contribution in [-0.4, -0.2) is 22.1 Å². The average Bonchev–Trinajstić information content (AvgIpc) is 2.85. The molecule has 0 bridgehead atoms. The summed E-state index contributed by atoms with van der Waals surface area (Å²) in [4.78, 5) is 24.3. The molecule has 0 unspecified atom stereocenters. The van der Waals surface area contributed by atoms with Crippen LogP contribution < -0.4 is 5.32 Å². The van der Waals surface area contributed by atoms with Crippen LogP contribution in [0.2, 0.25) is 0 Å². The Morgan fingerprint density at radius 3 is 2.62 bits per heavy atom. The molecule has 0 atom stereocenters. The fourth-order valence-electron chi connectivity index (χ4n) is 1.88. The molecule has 1 amide bonds. The summed E-state index contributed by atoms with van der Waals surface area (Å²) < 4.78 is 0. The van der Waals surface area contributed by atoms with Crippen LogP contribution in [0.3, 0.4) is 0 Å². The number of amides is 1. The number of phenolic OH excluding ortho intramolecular Hbond substituents is 1. The van der Waals surface area contributed by atoms with Crippen molar-refractivity contribution in [1.82, 2.24) is 0 Å². The van der Waals surface area contributed by atoms with Crippen molar-refractivity contribution in [3.05, 3.63) is 45.8 Å². The minimum absolute atomic E-state index is 0.0670. The standard InChI is InChI=1S/C15H15NO4S/c1-3-9-7-11(15(19)20)14(21-9)16-13(18)10-6-4-5-8(2)12(10)17/h4-7,17H,3H2,1-2H3,(H,16,18)(H,19,20). The summed E-state index contributed by atoms with van der Waals surface area (Å²) in [5.74, 6) is -1.71. The molecule has 5 nitrogen and oxygen atoms in total. The number of phenols is 1. The molecule has 3 N–H and O–H groups in total. The van der Waals surface area contributed by atoms with E-state index in [2.05, 4.69) is 5.32 Å². The summed E-state index contributed by atoms with van der Waals surface area (Å²) >= 11 is 1.23. The van der Waals surface area contributed by atoms with Crippen LogP contribution in [0.25, 0.3) is 0 Å². The molecule has 110 valence electrons. The fraction of sp³-hybridized carbons (Fsp3) is 0.200. The number of nitrogens with one attached hydrogen (secondary N) is 1. The van der Waals surface area contributed by atoms with Gasteiger partial charge >= 0.3 is 5.97 Å². The minimum atomic E-state index is -1.09. The second kappa shape index (κ2) is 5.97. The first-order chi connectivity index (χ1) is 9.93. The summed E-state index contributed by atoms with van der Waals surface area (Å²) in [6, 6.07) is 6.40. The third-order valence-corrected chi connectivity index (χ3v) is 4.27. The molecule has 0 saturated heterocycles. The number of carboxylic acids is 1. The van der Waals surface area contributed by atoms with E-state index < -0.39 is 11.9 Å². The monoisotopic (exact) mass is 305 g/mol. The Balaban J connectivity index is 2.33. The van der Waals surface area contributed by atoms with Gasteiger partial charge in [-0.25, -0.2) is 4.79 Å². The van der Waals surface area contributed by atoms with E-state index in [4.69, 9.17) is 5.11 Å². The molecule has 6 heteroatoms. The molecule has 1 heterocycles. The second-order valence-electron chi connectivity index (χ2n) is 4.54. The molecule has 0 aliphatic rings. The van der Waals surface area contributed by atoms with E-state index in [9.17, 15) is 14.7 Å². The van der Waals surface area contributed by atoms with Gasteiger partial charge in [0.25, 0.3) is 5.91 Å². The SMILES string of the molecule is CCc1cc(C(=O)O)c(NC(=O)c2cccc(C)c2O)s1. The highest BCUT2D eigenvalue weighted by Crippen LogP contribution is 2.30. The Labute approximate surface area is 125 Å². The van der Waals surface area contributed by atoms with Crippen LogP contribution in [0.5, 0.6) is 5.75 Å². The predicted octanol–water partition coefficient (Wildman–Crippen LogP) is 3.28. The second-order valence-corrected chi connectivity index (χ2v) is 5.68. The zero-order valence-electron chi connectivity index (χ0n) is 11.6. The number of thiophene rings is 1. The molecule has 1 aromatic heterocycles. The molecule has 21 heavy (non-hydrogen) atoms. The van der Waals surface area contributed by atoms with Gasteiger partial charge in [0.1, 0.15) is 10.8 Å². The molecule has 0 aliphatic heterocycles. The normalized spacial score (nSPS) is 10.4. The molecule has 1 aromatic carbocycles. The molecule has 0 saturated carbocycles. The molecular formula is C15H15NO4S. The van der Waals surface area contributed by atoms with Gasteiger partial charge in [-0.2, -0.15) is 0 Å². The van der Waals surface area contributed by atoms with Crippen LogP contribution in [0.1, 0.15) is 38.1 Å². The van der Waals surface area contributed by atoms with Gasteiger partial charge in [0.15, 0.2) is 0 Å². The van der Waals surface area contributed by atoms with Gasteiger partial charge in [-0.15, -0.1) is 11.3 Å². The van der Waals surface area contributed by atoms with Crippen molar-refractivity contribution in [3.8, 4) is 5.75 Å². The number of carboxylic acid groups (broad SMARTS) is 1. The Morgan fingerprint density at radius 1 is 1.29 bits per heavy atom. The Hall–Kier alpha value is -2.34. The predicted molar refractivity (Wildman–Crippen MR) is 81.5 cm³/mol. The van der Waals surface area contributed by atoms with Crippen molar-refractivity contribution in [3.63, 3.8) is 0 Å². The number of hydrogen-bond acceptors (Lipinski definition) is 4. The van der Waals surface area contributed by atoms with E-state index in [-0.39, 0.29) is 21.9 Å². The zero-order valence-corrected chi connectivity index (χ0v) is 12.5. The van der Waals surface area contributed by atoms with E-state index >= 15 is 0 Å². The number of aryl methyl sites for hydroxylation is 2. The van der Waals surface area contributed by atoms with E-state index in [0.29, 0.717) is 12.0 Å². The van der Waals surface area contributed by atoms with Gasteiger partial charge in [0, 0.05) is 4.88 Å². The Kier molecular flexibility index (Phi) is 4.28. The maximum atomic E-state index is 12.2. The van der Waals surface area contributed by atoms with Crippen molar-refractivity contribution in [2.45, 2.75) is 20.3 Å². The van der Waals surface area contributed by atoms with E-state index in [1.54, 1.807) is 25.1 Å². The first-order valence-electron chi connectivity index (χ1n) is 6.40. The lowest BCUT2D eigenvalue weighted by Crippen LogP contribution is -2.13. The van der Waals surface area contributed by atoms with Crippen LogP contribution >= 0.6 is 11.3 Å². The van der Waals surface area contributed by atoms with Gasteiger partial charge in [0.05, 0.1) is 11.1 Å². The first kappa shape index (κ1) is 15.1. The maximum Gasteiger partial charge on any atom is 0.338 e. The summed E-state index contributed by atoms with van der Waals surface area (Å²) in [5, 5.41) is 21.9. The smallest absolute Gasteiger partial charge is 0.338 e. The third kappa shape index (κ3) is 3.05. The minimum Gasteiger partial charge on any atom is -0.507 e. The molecule has 2 rings (SSSR count). The fourth-order valence-corrected chi connectivity index (χ4v) is 2.86. The molecule has 0 aliphatic carbocycles. The van der Waals surface area contributed by atoms with Gasteiger partial charge in [0.2, 0.25) is 0 Å². The number of aromatic carboxylic acids is 1. The van der Waals surface area contributed by atoms with Gasteiger partial charge in [-0.3, -0.25) is 4.79 Å². The molecule has 0 fully saturated rings. The lowest BCUT2D eigenvalue weighted by molar-refractivity contribution is 0.0698. The largest absolute Gasteiger partial charge is 0.507 e. The highest BCUT2D eigenvalue weighted by Gasteiger charge is 2.19. The number of carbonyl (C=O) groups excluding carboxylic acids is 1. The number of para-hydroxylation sites is 1. The van der Waals surface area contributed by atoms with Gasteiger partial charge < -0.3 is 15.5 Å². The summed E-state index contributed by atoms with van der Waals surface area (Å²) in [5.41, 5.74) is 0.775. The zero-order chi connectivity index (χ0) is 15.6. The number of benzene rings is 1. The Bertz CT molecular complexity index is 706. The highest BCUT2D eigenvalue weighted by molar-refractivity contribution is 7.16. The Morgan fingerprint density at radius 2 is 2.00 bits per heavy atom. The van der Waals surface area contributed by atoms with Crippen molar-refractivity contribution < 1.29 is 19.8 Å². The quantitative estimate of drug-likeness (QED) is 0.809. The summed E-state index contributed by atoms with van der Waals surface area (Å²) in [6.07, 6.45) is 0.691. The van der Waals surface area contributed by atoms with Crippen molar-refractivity contribution in [1.29, 1.82) is 0 Å². The van der Waals surface area contributed by atoms with Crippen molar-refractivity contribution in [2.75, 3.05) is 5.32 Å². The van der Waals surface area contributed by atoms with Gasteiger partial charge in [-0.1, -0.05) is 19.1 Å². The average molecular weight is 305 g/mol. The number of aromatic hydroxyl groups is 1. The van der Waals surface area contributed by atoms with Gasteiger partial charge in [-0.05, 0) is 31.0 Å². The number of anilines is 1. The molecular weight excluding hydrogens is 290 g/mol. The van der Waals surface area contributed by atoms with Crippen LogP contribution in [-0.2, 0) is 6.42 Å². The first-order valence-corrected chi connectivity index (χ1v) is 7.21. The number of rotatable bonds is 4. The van der Waals surface area contributed by atoms with Crippen LogP contribution in [0.15, 0.2) is 24.3 Å². The van der Waals surface area contributed by atoms with E-state index in [0.717, 1.165) is 4.88 Å². The van der Waals surface area contributed by atoms with E-state index in [1.807, 2.05) is 6.92 Å².